The molecule has 7 nitrogen and oxygen atoms in total. The predicted molar refractivity (Wildman–Crippen MR) is 95.8 cm³/mol. The highest BCUT2D eigenvalue weighted by Crippen LogP contribution is 2.18. The highest BCUT2D eigenvalue weighted by atomic mass is 16.5. The van der Waals surface area contributed by atoms with Crippen molar-refractivity contribution in [3.8, 4) is 5.75 Å². The van der Waals surface area contributed by atoms with Gasteiger partial charge in [0, 0.05) is 44.6 Å². The van der Waals surface area contributed by atoms with Crippen molar-refractivity contribution in [1.29, 1.82) is 0 Å². The number of hydrogen-bond acceptors (Lipinski definition) is 5. The average molecular weight is 346 g/mol. The van der Waals surface area contributed by atoms with Crippen LogP contribution in [0.5, 0.6) is 5.75 Å². The Morgan fingerprint density at radius 3 is 3.00 bits per heavy atom. The number of ether oxygens (including phenoxy) is 2. The minimum absolute atomic E-state index is 0.0296. The maximum Gasteiger partial charge on any atom is 0.224 e. The first-order valence-corrected chi connectivity index (χ1v) is 8.76. The van der Waals surface area contributed by atoms with E-state index in [4.69, 9.17) is 9.47 Å². The van der Waals surface area contributed by atoms with Crippen molar-refractivity contribution < 1.29 is 14.3 Å². The molecule has 7 heteroatoms. The van der Waals surface area contributed by atoms with Gasteiger partial charge in [0.15, 0.2) is 0 Å². The van der Waals surface area contributed by atoms with Crippen molar-refractivity contribution >= 4 is 16.9 Å². The zero-order valence-electron chi connectivity index (χ0n) is 14.9. The van der Waals surface area contributed by atoms with Crippen LogP contribution in [0.1, 0.15) is 12.7 Å². The van der Waals surface area contributed by atoms with Crippen LogP contribution >= 0.6 is 0 Å². The predicted octanol–water partition coefficient (Wildman–Crippen LogP) is 1.20. The number of H-pyrrole nitrogens is 1. The van der Waals surface area contributed by atoms with E-state index in [0.717, 1.165) is 55.5 Å². The molecular weight excluding hydrogens is 320 g/mol. The summed E-state index contributed by atoms with van der Waals surface area (Å²) in [4.78, 5) is 22.3. The zero-order chi connectivity index (χ0) is 17.6. The van der Waals surface area contributed by atoms with E-state index in [1.807, 2.05) is 25.1 Å². The molecule has 1 fully saturated rings. The van der Waals surface area contributed by atoms with Gasteiger partial charge in [0.25, 0.3) is 0 Å². The summed E-state index contributed by atoms with van der Waals surface area (Å²) in [5.74, 6) is 1.72. The lowest BCUT2D eigenvalue weighted by molar-refractivity contribution is -0.125. The first-order valence-electron chi connectivity index (χ1n) is 8.76. The van der Waals surface area contributed by atoms with Crippen LogP contribution < -0.4 is 10.1 Å². The second-order valence-corrected chi connectivity index (χ2v) is 6.42. The van der Waals surface area contributed by atoms with Gasteiger partial charge in [-0.3, -0.25) is 9.69 Å². The van der Waals surface area contributed by atoms with Gasteiger partial charge < -0.3 is 19.8 Å². The summed E-state index contributed by atoms with van der Waals surface area (Å²) in [5.41, 5.74) is 1.85. The van der Waals surface area contributed by atoms with Crippen LogP contribution in [-0.2, 0) is 16.0 Å². The number of nitrogens with zero attached hydrogens (tertiary/aromatic N) is 2. The van der Waals surface area contributed by atoms with E-state index >= 15 is 0 Å². The number of benzene rings is 1. The van der Waals surface area contributed by atoms with Gasteiger partial charge >= 0.3 is 0 Å². The molecule has 0 unspecified atom stereocenters. The smallest absolute Gasteiger partial charge is 0.224 e. The molecule has 1 aromatic heterocycles. The lowest BCUT2D eigenvalue weighted by Crippen LogP contribution is -2.43. The van der Waals surface area contributed by atoms with Gasteiger partial charge in [0.05, 0.1) is 31.4 Å². The summed E-state index contributed by atoms with van der Waals surface area (Å²) >= 11 is 0. The SMILES string of the molecule is COc1ccc2nc(CCNC(=O)[C@H](C)CN3CCOCC3)[nH]c2c1. The van der Waals surface area contributed by atoms with E-state index in [-0.39, 0.29) is 11.8 Å². The monoisotopic (exact) mass is 346 g/mol. The summed E-state index contributed by atoms with van der Waals surface area (Å²) in [6, 6.07) is 5.74. The Labute approximate surface area is 147 Å². The van der Waals surface area contributed by atoms with Crippen LogP contribution in [0.2, 0.25) is 0 Å². The van der Waals surface area contributed by atoms with E-state index in [2.05, 4.69) is 20.2 Å². The average Bonchev–Trinajstić information content (AvgIpc) is 3.04. The first kappa shape index (κ1) is 17.7. The number of nitrogens with one attached hydrogen (secondary N) is 2. The van der Waals surface area contributed by atoms with Crippen LogP contribution in [-0.4, -0.2) is 67.3 Å². The second-order valence-electron chi connectivity index (χ2n) is 6.42. The molecule has 0 saturated carbocycles. The molecule has 3 rings (SSSR count). The van der Waals surface area contributed by atoms with Crippen LogP contribution in [0.3, 0.4) is 0 Å². The quantitative estimate of drug-likeness (QED) is 0.787. The lowest BCUT2D eigenvalue weighted by Gasteiger charge is -2.28. The fourth-order valence-electron chi connectivity index (χ4n) is 3.02. The Kier molecular flexibility index (Phi) is 5.88. The van der Waals surface area contributed by atoms with Gasteiger partial charge in [0.2, 0.25) is 5.91 Å². The summed E-state index contributed by atoms with van der Waals surface area (Å²) in [5, 5.41) is 3.01. The molecule has 0 spiro atoms. The lowest BCUT2D eigenvalue weighted by atomic mass is 10.1. The molecule has 1 aliphatic heterocycles. The standard InChI is InChI=1S/C18H26N4O3/c1-13(12-22-7-9-25-10-8-22)18(23)19-6-5-17-20-15-4-3-14(24-2)11-16(15)21-17/h3-4,11,13H,5-10,12H2,1-2H3,(H,19,23)(H,20,21)/t13-/m1/s1. The van der Waals surface area contributed by atoms with Gasteiger partial charge in [-0.1, -0.05) is 6.92 Å². The molecule has 1 aliphatic rings. The molecule has 1 saturated heterocycles. The number of morpholine rings is 1. The normalized spacial score (nSPS) is 16.7. The summed E-state index contributed by atoms with van der Waals surface area (Å²) in [7, 11) is 1.64. The minimum atomic E-state index is -0.0296. The molecule has 25 heavy (non-hydrogen) atoms. The van der Waals surface area contributed by atoms with E-state index in [1.165, 1.54) is 0 Å². The molecule has 2 aromatic rings. The largest absolute Gasteiger partial charge is 0.497 e. The van der Waals surface area contributed by atoms with E-state index < -0.39 is 0 Å². The number of fused-ring (bicyclic) bond motifs is 1. The third kappa shape index (κ3) is 4.70. The number of rotatable bonds is 7. The number of hydrogen-bond donors (Lipinski definition) is 2. The molecule has 0 radical (unpaired) electrons. The van der Waals surface area contributed by atoms with Crippen LogP contribution in [0, 0.1) is 5.92 Å². The number of carbonyl (C=O) groups is 1. The Balaban J connectivity index is 1.46. The highest BCUT2D eigenvalue weighted by Gasteiger charge is 2.18. The molecule has 0 aliphatic carbocycles. The molecule has 2 heterocycles. The molecule has 2 N–H and O–H groups in total. The molecule has 1 aromatic carbocycles. The number of imidazole rings is 1. The maximum atomic E-state index is 12.2. The van der Waals surface area contributed by atoms with Crippen molar-refractivity contribution in [3.63, 3.8) is 0 Å². The number of amides is 1. The van der Waals surface area contributed by atoms with Gasteiger partial charge in [-0.25, -0.2) is 4.98 Å². The van der Waals surface area contributed by atoms with Gasteiger partial charge in [-0.2, -0.15) is 0 Å². The number of methoxy groups -OCH3 is 1. The zero-order valence-corrected chi connectivity index (χ0v) is 14.9. The van der Waals surface area contributed by atoms with E-state index in [1.54, 1.807) is 7.11 Å². The maximum absolute atomic E-state index is 12.2. The van der Waals surface area contributed by atoms with Crippen molar-refractivity contribution in [2.24, 2.45) is 5.92 Å². The van der Waals surface area contributed by atoms with Crippen LogP contribution in [0.15, 0.2) is 18.2 Å². The third-order valence-electron chi connectivity index (χ3n) is 4.48. The molecule has 1 atom stereocenters. The number of carbonyl (C=O) groups excluding carboxylic acids is 1. The van der Waals surface area contributed by atoms with Gasteiger partial charge in [-0.05, 0) is 12.1 Å². The summed E-state index contributed by atoms with van der Waals surface area (Å²) in [6.07, 6.45) is 0.674. The number of aromatic nitrogens is 2. The Morgan fingerprint density at radius 1 is 1.44 bits per heavy atom. The third-order valence-corrected chi connectivity index (χ3v) is 4.48. The molecule has 1 amide bonds. The van der Waals surface area contributed by atoms with Crippen LogP contribution in [0.25, 0.3) is 11.0 Å². The van der Waals surface area contributed by atoms with Crippen LogP contribution in [0.4, 0.5) is 0 Å². The number of aromatic amines is 1. The van der Waals surface area contributed by atoms with Crippen molar-refractivity contribution in [1.82, 2.24) is 20.2 Å². The fourth-order valence-corrected chi connectivity index (χ4v) is 3.02. The summed E-state index contributed by atoms with van der Waals surface area (Å²) < 4.78 is 10.6. The van der Waals surface area contributed by atoms with E-state index in [9.17, 15) is 4.79 Å². The van der Waals surface area contributed by atoms with E-state index in [0.29, 0.717) is 13.0 Å². The Bertz CT molecular complexity index is 709. The van der Waals surface area contributed by atoms with Crippen molar-refractivity contribution in [2.75, 3.05) is 46.5 Å². The molecule has 136 valence electrons. The molecular formula is C18H26N4O3. The first-order chi connectivity index (χ1) is 12.2. The van der Waals surface area contributed by atoms with Gasteiger partial charge in [0.1, 0.15) is 11.6 Å². The topological polar surface area (TPSA) is 79.5 Å². The second kappa shape index (κ2) is 8.31. The molecule has 0 bridgehead atoms. The van der Waals surface area contributed by atoms with Crippen molar-refractivity contribution in [3.05, 3.63) is 24.0 Å². The fraction of sp³-hybridized carbons (Fsp3) is 0.556. The Hall–Kier alpha value is -2.12. The minimum Gasteiger partial charge on any atom is -0.497 e. The highest BCUT2D eigenvalue weighted by molar-refractivity contribution is 5.78. The Morgan fingerprint density at radius 2 is 2.24 bits per heavy atom. The van der Waals surface area contributed by atoms with Crippen molar-refractivity contribution in [2.45, 2.75) is 13.3 Å². The summed E-state index contributed by atoms with van der Waals surface area (Å²) in [6.45, 7) is 6.64. The van der Waals surface area contributed by atoms with Gasteiger partial charge in [-0.15, -0.1) is 0 Å².